The predicted octanol–water partition coefficient (Wildman–Crippen LogP) is 1.05. The molecule has 0 aliphatic heterocycles. The number of hydrogen-bond acceptors (Lipinski definition) is 4. The first-order valence-electron chi connectivity index (χ1n) is 5.11. The van der Waals surface area contributed by atoms with E-state index in [0.717, 1.165) is 6.07 Å². The normalized spacial score (nSPS) is 11.6. The van der Waals surface area contributed by atoms with Crippen LogP contribution < -0.4 is 14.9 Å². The third-order valence-electron chi connectivity index (χ3n) is 1.85. The van der Waals surface area contributed by atoms with Gasteiger partial charge in [-0.3, -0.25) is 0 Å². The summed E-state index contributed by atoms with van der Waals surface area (Å²) in [6, 6.07) is 3.30. The molecule has 0 aliphatic carbocycles. The summed E-state index contributed by atoms with van der Waals surface area (Å²) in [4.78, 5) is 0. The van der Waals surface area contributed by atoms with Gasteiger partial charge in [-0.15, -0.1) is 13.2 Å². The molecule has 0 amide bonds. The summed E-state index contributed by atoms with van der Waals surface area (Å²) in [7, 11) is -1.88. The summed E-state index contributed by atoms with van der Waals surface area (Å²) < 4.78 is 45.5. The van der Waals surface area contributed by atoms with Crippen molar-refractivity contribution >= 4 is 12.6 Å². The second-order valence-electron chi connectivity index (χ2n) is 3.79. The smallest absolute Gasteiger partial charge is 0.487 e. The molecule has 100 valence electrons. The van der Waals surface area contributed by atoms with E-state index in [1.165, 1.54) is 12.1 Å². The van der Waals surface area contributed by atoms with E-state index in [2.05, 4.69) is 4.74 Å². The standard InChI is InChI=1S/C10H12BF3O4/c1-6(2)17-8-4-3-7(11(15)16)5-9(8)18-10(12,13)14/h3-6,15-16H,1-2H3. The lowest BCUT2D eigenvalue weighted by molar-refractivity contribution is -0.275. The van der Waals surface area contributed by atoms with Crippen molar-refractivity contribution in [1.29, 1.82) is 0 Å². The number of alkyl halides is 3. The van der Waals surface area contributed by atoms with E-state index >= 15 is 0 Å². The highest BCUT2D eigenvalue weighted by Gasteiger charge is 2.33. The maximum atomic E-state index is 12.2. The molecular formula is C10H12BF3O4. The molecule has 0 heterocycles. The van der Waals surface area contributed by atoms with Crippen LogP contribution in [0.2, 0.25) is 0 Å². The van der Waals surface area contributed by atoms with E-state index < -0.39 is 19.2 Å². The fourth-order valence-corrected chi connectivity index (χ4v) is 1.24. The highest BCUT2D eigenvalue weighted by Crippen LogP contribution is 2.31. The van der Waals surface area contributed by atoms with Gasteiger partial charge in [0, 0.05) is 0 Å². The number of hydrogen-bond donors (Lipinski definition) is 2. The SMILES string of the molecule is CC(C)Oc1ccc(B(O)O)cc1OC(F)(F)F. The van der Waals surface area contributed by atoms with Crippen LogP contribution in [0.5, 0.6) is 11.5 Å². The fourth-order valence-electron chi connectivity index (χ4n) is 1.24. The van der Waals surface area contributed by atoms with E-state index in [1.807, 2.05) is 0 Å². The summed E-state index contributed by atoms with van der Waals surface area (Å²) in [5, 5.41) is 17.8. The van der Waals surface area contributed by atoms with Crippen LogP contribution in [-0.4, -0.2) is 29.6 Å². The molecule has 0 fully saturated rings. The average Bonchev–Trinajstić information content (AvgIpc) is 2.17. The summed E-state index contributed by atoms with van der Waals surface area (Å²) >= 11 is 0. The van der Waals surface area contributed by atoms with Gasteiger partial charge in [-0.25, -0.2) is 0 Å². The zero-order valence-corrected chi connectivity index (χ0v) is 9.73. The van der Waals surface area contributed by atoms with Gasteiger partial charge in [-0.2, -0.15) is 0 Å². The lowest BCUT2D eigenvalue weighted by atomic mass is 9.80. The summed E-state index contributed by atoms with van der Waals surface area (Å²) in [6.07, 6.45) is -5.22. The van der Waals surface area contributed by atoms with Crippen LogP contribution in [0, 0.1) is 0 Å². The number of ether oxygens (including phenoxy) is 2. The van der Waals surface area contributed by atoms with Crippen molar-refractivity contribution in [3.8, 4) is 11.5 Å². The molecule has 1 aromatic rings. The van der Waals surface area contributed by atoms with Crippen LogP contribution in [-0.2, 0) is 0 Å². The van der Waals surface area contributed by atoms with Gasteiger partial charge in [-0.05, 0) is 31.4 Å². The monoisotopic (exact) mass is 264 g/mol. The van der Waals surface area contributed by atoms with Gasteiger partial charge in [0.05, 0.1) is 6.10 Å². The van der Waals surface area contributed by atoms with Crippen LogP contribution in [0.3, 0.4) is 0 Å². The van der Waals surface area contributed by atoms with Crippen LogP contribution in [0.4, 0.5) is 13.2 Å². The third kappa shape index (κ3) is 4.46. The molecule has 0 spiro atoms. The number of rotatable bonds is 4. The summed E-state index contributed by atoms with van der Waals surface area (Å²) in [6.45, 7) is 3.29. The zero-order valence-electron chi connectivity index (χ0n) is 9.73. The van der Waals surface area contributed by atoms with E-state index in [9.17, 15) is 13.2 Å². The molecule has 2 N–H and O–H groups in total. The van der Waals surface area contributed by atoms with Gasteiger partial charge in [0.25, 0.3) is 0 Å². The van der Waals surface area contributed by atoms with Crippen molar-refractivity contribution in [2.45, 2.75) is 26.3 Å². The highest BCUT2D eigenvalue weighted by molar-refractivity contribution is 6.58. The van der Waals surface area contributed by atoms with Crippen LogP contribution in [0.15, 0.2) is 18.2 Å². The molecule has 18 heavy (non-hydrogen) atoms. The van der Waals surface area contributed by atoms with Gasteiger partial charge < -0.3 is 19.5 Å². The molecule has 0 saturated carbocycles. The second-order valence-corrected chi connectivity index (χ2v) is 3.79. The molecule has 1 rings (SSSR count). The maximum absolute atomic E-state index is 12.2. The van der Waals surface area contributed by atoms with Gasteiger partial charge in [0.15, 0.2) is 11.5 Å². The van der Waals surface area contributed by atoms with E-state index in [-0.39, 0.29) is 17.3 Å². The Bertz CT molecular complexity index is 407. The predicted molar refractivity (Wildman–Crippen MR) is 58.7 cm³/mol. The molecule has 1 aromatic carbocycles. The minimum Gasteiger partial charge on any atom is -0.487 e. The first kappa shape index (κ1) is 14.7. The lowest BCUT2D eigenvalue weighted by Crippen LogP contribution is -2.30. The Labute approximate surface area is 102 Å². The minimum atomic E-state index is -4.88. The second kappa shape index (κ2) is 5.49. The lowest BCUT2D eigenvalue weighted by Gasteiger charge is -2.17. The molecule has 0 aliphatic rings. The van der Waals surface area contributed by atoms with Crippen molar-refractivity contribution < 1.29 is 32.7 Å². The van der Waals surface area contributed by atoms with Crippen LogP contribution in [0.1, 0.15) is 13.8 Å². The fraction of sp³-hybridized carbons (Fsp3) is 0.400. The molecule has 0 atom stereocenters. The Morgan fingerprint density at radius 3 is 2.22 bits per heavy atom. The number of halogens is 3. The quantitative estimate of drug-likeness (QED) is 0.798. The van der Waals surface area contributed by atoms with Crippen molar-refractivity contribution in [3.05, 3.63) is 18.2 Å². The van der Waals surface area contributed by atoms with E-state index in [4.69, 9.17) is 14.8 Å². The number of benzene rings is 1. The minimum absolute atomic E-state index is 0.119. The van der Waals surface area contributed by atoms with E-state index in [1.54, 1.807) is 13.8 Å². The Morgan fingerprint density at radius 2 is 1.78 bits per heavy atom. The first-order chi connectivity index (χ1) is 8.19. The molecule has 0 aromatic heterocycles. The summed E-state index contributed by atoms with van der Waals surface area (Å²) in [5.41, 5.74) is -0.120. The Morgan fingerprint density at radius 1 is 1.17 bits per heavy atom. The topological polar surface area (TPSA) is 58.9 Å². The van der Waals surface area contributed by atoms with Crippen molar-refractivity contribution in [1.82, 2.24) is 0 Å². The summed E-state index contributed by atoms with van der Waals surface area (Å²) in [5.74, 6) is -0.728. The Balaban J connectivity index is 3.09. The van der Waals surface area contributed by atoms with Crippen molar-refractivity contribution in [3.63, 3.8) is 0 Å². The maximum Gasteiger partial charge on any atom is 0.573 e. The van der Waals surface area contributed by atoms with Gasteiger partial charge in [0.1, 0.15) is 0 Å². The van der Waals surface area contributed by atoms with Crippen molar-refractivity contribution in [2.75, 3.05) is 0 Å². The van der Waals surface area contributed by atoms with Gasteiger partial charge in [0.2, 0.25) is 0 Å². The zero-order chi connectivity index (χ0) is 13.9. The largest absolute Gasteiger partial charge is 0.573 e. The highest BCUT2D eigenvalue weighted by atomic mass is 19.4. The van der Waals surface area contributed by atoms with Crippen molar-refractivity contribution in [2.24, 2.45) is 0 Å². The molecule has 8 heteroatoms. The molecule has 0 saturated heterocycles. The van der Waals surface area contributed by atoms with Crippen LogP contribution >= 0.6 is 0 Å². The molecule has 0 bridgehead atoms. The van der Waals surface area contributed by atoms with Crippen LogP contribution in [0.25, 0.3) is 0 Å². The van der Waals surface area contributed by atoms with Gasteiger partial charge in [-0.1, -0.05) is 6.07 Å². The molecule has 0 unspecified atom stereocenters. The molecule has 4 nitrogen and oxygen atoms in total. The Kier molecular flexibility index (Phi) is 4.47. The first-order valence-corrected chi connectivity index (χ1v) is 5.11. The molecule has 0 radical (unpaired) electrons. The van der Waals surface area contributed by atoms with E-state index in [0.29, 0.717) is 0 Å². The third-order valence-corrected chi connectivity index (χ3v) is 1.85. The Hall–Kier alpha value is -1.41. The molecular weight excluding hydrogens is 252 g/mol. The van der Waals surface area contributed by atoms with Gasteiger partial charge >= 0.3 is 13.5 Å². The average molecular weight is 264 g/mol.